The van der Waals surface area contributed by atoms with E-state index in [1.54, 1.807) is 38.4 Å². The normalized spacial score (nSPS) is 18.6. The van der Waals surface area contributed by atoms with Gasteiger partial charge in [0.15, 0.2) is 0 Å². The third kappa shape index (κ3) is 4.48. The molecule has 12 heteroatoms. The topological polar surface area (TPSA) is 148 Å². The number of aryl methyl sites for hydroxylation is 2. The molecule has 0 amide bonds. The van der Waals surface area contributed by atoms with E-state index in [1.165, 1.54) is 0 Å². The monoisotopic (exact) mass is 616 g/mol. The van der Waals surface area contributed by atoms with Crippen LogP contribution >= 0.6 is 0 Å². The maximum Gasteiger partial charge on any atom is 0.335 e. The van der Waals surface area contributed by atoms with E-state index in [-0.39, 0.29) is 24.6 Å². The van der Waals surface area contributed by atoms with Crippen molar-refractivity contribution < 1.29 is 19.1 Å². The zero-order valence-electron chi connectivity index (χ0n) is 25.8. The Morgan fingerprint density at radius 1 is 0.761 bits per heavy atom. The number of carbonyl (C=O) groups is 2. The van der Waals surface area contributed by atoms with Gasteiger partial charge in [0.05, 0.1) is 63.9 Å². The van der Waals surface area contributed by atoms with Crippen LogP contribution in [0.2, 0.25) is 0 Å². The molecule has 0 spiro atoms. The summed E-state index contributed by atoms with van der Waals surface area (Å²) in [6.07, 6.45) is 13.0. The fourth-order valence-corrected chi connectivity index (χ4v) is 6.04. The first-order valence-electron chi connectivity index (χ1n) is 15.0. The van der Waals surface area contributed by atoms with E-state index in [2.05, 4.69) is 24.9 Å². The molecule has 8 bridgehead atoms. The SMILES string of the molecule is CCOC(=O)C1(C(=O)OCC)c2ccc([nH]2)/C(c2nccn2C)=C2/C=CC(=N2)/C=c2/cc/c([nH]2)=C(\c2nccn2C)c2ccc1[nH]2. The van der Waals surface area contributed by atoms with Gasteiger partial charge in [-0.15, -0.1) is 0 Å². The molecule has 0 saturated heterocycles. The Morgan fingerprint density at radius 2 is 1.35 bits per heavy atom. The van der Waals surface area contributed by atoms with Gasteiger partial charge < -0.3 is 33.6 Å². The fourth-order valence-electron chi connectivity index (χ4n) is 6.04. The van der Waals surface area contributed by atoms with Crippen LogP contribution in [0.3, 0.4) is 0 Å². The lowest BCUT2D eigenvalue weighted by molar-refractivity contribution is -0.162. The number of aliphatic imine (C=N–C) groups is 1. The molecule has 2 aliphatic rings. The molecule has 232 valence electrons. The van der Waals surface area contributed by atoms with Crippen molar-refractivity contribution in [1.29, 1.82) is 0 Å². The number of aromatic nitrogens is 7. The second kappa shape index (κ2) is 11.2. The number of hydrogen-bond acceptors (Lipinski definition) is 7. The number of nitrogens with zero attached hydrogens (tertiary/aromatic N) is 5. The molecular weight excluding hydrogens is 584 g/mol. The van der Waals surface area contributed by atoms with Crippen LogP contribution in [0.15, 0.2) is 84.0 Å². The minimum atomic E-state index is -2.02. The highest BCUT2D eigenvalue weighted by Gasteiger charge is 2.55. The molecule has 7 rings (SSSR count). The number of carbonyl (C=O) groups excluding carboxylic acids is 2. The molecule has 46 heavy (non-hydrogen) atoms. The van der Waals surface area contributed by atoms with Crippen molar-refractivity contribution >= 4 is 34.9 Å². The van der Waals surface area contributed by atoms with E-state index in [9.17, 15) is 9.59 Å². The standard InChI is InChI=1S/C34H32N8O4/c1-5-45-32(43)34(33(44)46-6-2)26-13-11-24(39-26)28(30-35-15-17-41(30)3)22-9-7-20(37-22)19-21-8-10-23(38-21)29(25-12-14-27(34)40-25)31-36-16-18-42(31)4/h7-19,37,39-40H,5-6H2,1-4H3/b20-19-,28-22+,29-23+. The lowest BCUT2D eigenvalue weighted by Crippen LogP contribution is -2.48. The van der Waals surface area contributed by atoms with Crippen LogP contribution in [0.5, 0.6) is 0 Å². The molecule has 5 aromatic heterocycles. The summed E-state index contributed by atoms with van der Waals surface area (Å²) in [6, 6.07) is 11.0. The average Bonchev–Trinajstić information content (AvgIpc) is 3.87. The number of esters is 2. The third-order valence-electron chi connectivity index (χ3n) is 8.17. The van der Waals surface area contributed by atoms with E-state index < -0.39 is 17.4 Å². The molecule has 0 radical (unpaired) electrons. The van der Waals surface area contributed by atoms with Crippen LogP contribution in [0, 0.1) is 0 Å². The van der Waals surface area contributed by atoms with Gasteiger partial charge in [-0.1, -0.05) is 0 Å². The first-order valence-corrected chi connectivity index (χ1v) is 15.0. The molecule has 5 aromatic rings. The van der Waals surface area contributed by atoms with Gasteiger partial charge in [-0.25, -0.2) is 24.5 Å². The van der Waals surface area contributed by atoms with Crippen LogP contribution in [-0.2, 0) is 38.6 Å². The third-order valence-corrected chi connectivity index (χ3v) is 8.17. The van der Waals surface area contributed by atoms with Crippen LogP contribution < -0.4 is 10.7 Å². The number of H-pyrrole nitrogens is 3. The number of rotatable bonds is 6. The molecule has 2 aliphatic heterocycles. The van der Waals surface area contributed by atoms with E-state index in [1.807, 2.05) is 78.1 Å². The molecule has 0 aromatic carbocycles. The van der Waals surface area contributed by atoms with Crippen molar-refractivity contribution in [2.24, 2.45) is 19.1 Å². The first-order chi connectivity index (χ1) is 22.3. The van der Waals surface area contributed by atoms with Crippen molar-refractivity contribution in [3.05, 3.63) is 124 Å². The summed E-state index contributed by atoms with van der Waals surface area (Å²) < 4.78 is 15.0. The molecule has 0 unspecified atom stereocenters. The van der Waals surface area contributed by atoms with Crippen molar-refractivity contribution in [2.75, 3.05) is 13.2 Å². The van der Waals surface area contributed by atoms with Gasteiger partial charge in [0, 0.05) is 44.2 Å². The summed E-state index contributed by atoms with van der Waals surface area (Å²) in [4.78, 5) is 52.8. The Hall–Kier alpha value is -5.91. The van der Waals surface area contributed by atoms with Crippen LogP contribution in [0.4, 0.5) is 0 Å². The number of ether oxygens (including phenoxy) is 2. The number of aromatic amines is 3. The highest BCUT2D eigenvalue weighted by Crippen LogP contribution is 2.38. The zero-order valence-corrected chi connectivity index (χ0v) is 25.8. The minimum absolute atomic E-state index is 0.0539. The molecular formula is C34H32N8O4. The van der Waals surface area contributed by atoms with Gasteiger partial charge in [-0.05, 0) is 68.5 Å². The van der Waals surface area contributed by atoms with Crippen LogP contribution in [0.25, 0.3) is 17.2 Å². The summed E-state index contributed by atoms with van der Waals surface area (Å²) in [5.74, 6) is -0.237. The van der Waals surface area contributed by atoms with Crippen molar-refractivity contribution in [1.82, 2.24) is 34.1 Å². The van der Waals surface area contributed by atoms with Gasteiger partial charge in [0.2, 0.25) is 5.41 Å². The van der Waals surface area contributed by atoms with Crippen LogP contribution in [-0.4, -0.2) is 64.9 Å². The largest absolute Gasteiger partial charge is 0.465 e. The predicted octanol–water partition coefficient (Wildman–Crippen LogP) is 2.36. The number of imidazole rings is 2. The Balaban J connectivity index is 1.61. The number of nitrogens with one attached hydrogen (secondary N) is 3. The van der Waals surface area contributed by atoms with Gasteiger partial charge in [-0.2, -0.15) is 0 Å². The average molecular weight is 617 g/mol. The Morgan fingerprint density at radius 3 is 1.91 bits per heavy atom. The van der Waals surface area contributed by atoms with Crippen molar-refractivity contribution in [3.8, 4) is 0 Å². The van der Waals surface area contributed by atoms with Gasteiger partial charge in [-0.3, -0.25) is 0 Å². The van der Waals surface area contributed by atoms with Crippen LogP contribution in [0.1, 0.15) is 48.3 Å². The van der Waals surface area contributed by atoms with Gasteiger partial charge in [0.1, 0.15) is 11.6 Å². The summed E-state index contributed by atoms with van der Waals surface area (Å²) in [7, 11) is 3.80. The second-order valence-electron chi connectivity index (χ2n) is 11.0. The van der Waals surface area contributed by atoms with Crippen molar-refractivity contribution in [2.45, 2.75) is 19.3 Å². The Bertz CT molecular complexity index is 2200. The zero-order chi connectivity index (χ0) is 32.0. The van der Waals surface area contributed by atoms with Gasteiger partial charge in [0.25, 0.3) is 0 Å². The molecule has 0 fully saturated rings. The predicted molar refractivity (Wildman–Crippen MR) is 171 cm³/mol. The second-order valence-corrected chi connectivity index (χ2v) is 11.0. The molecule has 7 heterocycles. The summed E-state index contributed by atoms with van der Waals surface area (Å²) >= 11 is 0. The highest BCUT2D eigenvalue weighted by molar-refractivity contribution is 6.19. The molecule has 0 aliphatic carbocycles. The fraction of sp³-hybridized carbons (Fsp3) is 0.206. The molecule has 3 N–H and O–H groups in total. The van der Waals surface area contributed by atoms with E-state index >= 15 is 0 Å². The maximum atomic E-state index is 14.2. The summed E-state index contributed by atoms with van der Waals surface area (Å²) in [6.45, 7) is 3.51. The lowest BCUT2D eigenvalue weighted by atomic mass is 9.81. The van der Waals surface area contributed by atoms with E-state index in [0.717, 1.165) is 22.0 Å². The summed E-state index contributed by atoms with van der Waals surface area (Å²) in [5, 5.41) is 1.60. The number of fused-ring (bicyclic) bond motifs is 7. The van der Waals surface area contributed by atoms with Gasteiger partial charge >= 0.3 is 11.9 Å². The smallest absolute Gasteiger partial charge is 0.335 e. The number of hydrogen-bond donors (Lipinski definition) is 3. The molecule has 0 saturated carbocycles. The quantitative estimate of drug-likeness (QED) is 0.197. The first kappa shape index (κ1) is 28.8. The molecule has 0 atom stereocenters. The summed E-state index contributed by atoms with van der Waals surface area (Å²) in [5.41, 5.74) is 2.59. The molecule has 12 nitrogen and oxygen atoms in total. The van der Waals surface area contributed by atoms with Crippen molar-refractivity contribution in [3.63, 3.8) is 0 Å². The lowest BCUT2D eigenvalue weighted by Gasteiger charge is -2.28. The van der Waals surface area contributed by atoms with E-state index in [4.69, 9.17) is 14.5 Å². The minimum Gasteiger partial charge on any atom is -0.465 e. The van der Waals surface area contributed by atoms with E-state index in [0.29, 0.717) is 34.3 Å². The Kier molecular flexibility index (Phi) is 7.04. The maximum absolute atomic E-state index is 14.2. The Labute approximate surface area is 263 Å². The number of allylic oxidation sites excluding steroid dienone is 2. The highest BCUT2D eigenvalue weighted by atomic mass is 16.6.